The number of benzene rings is 1. The predicted molar refractivity (Wildman–Crippen MR) is 66.6 cm³/mol. The van der Waals surface area contributed by atoms with Crippen molar-refractivity contribution in [3.63, 3.8) is 0 Å². The van der Waals surface area contributed by atoms with Crippen LogP contribution in [0.25, 0.3) is 0 Å². The van der Waals surface area contributed by atoms with Gasteiger partial charge in [-0.1, -0.05) is 12.1 Å². The molecule has 1 fully saturated rings. The van der Waals surface area contributed by atoms with Crippen molar-refractivity contribution < 1.29 is 14.6 Å². The number of nitrogens with zero attached hydrogens (tertiary/aromatic N) is 1. The van der Waals surface area contributed by atoms with Crippen molar-refractivity contribution >= 4 is 5.91 Å². The molecule has 1 aliphatic carbocycles. The van der Waals surface area contributed by atoms with Gasteiger partial charge in [0.15, 0.2) is 0 Å². The number of rotatable bonds is 3. The molecular formula is C14H17NO3. The molecule has 0 bridgehead atoms. The molecule has 3 rings (SSSR count). The minimum atomic E-state index is -0.390. The average molecular weight is 247 g/mol. The molecule has 1 aromatic rings. The number of aliphatic hydroxyl groups is 1. The SMILES string of the molecule is O=C1c2ccccc2OCCN1CC(O)C1CC1. The molecule has 0 radical (unpaired) electrons. The van der Waals surface area contributed by atoms with Crippen LogP contribution in [0.1, 0.15) is 23.2 Å². The number of β-amino-alcohol motifs (C(OH)–C–C–N with tert-alkyl or cyclic N) is 1. The standard InChI is InChI=1S/C14H17NO3/c16-12(10-5-6-10)9-15-7-8-18-13-4-2-1-3-11(13)14(15)17/h1-4,10,12,16H,5-9H2. The van der Waals surface area contributed by atoms with Crippen molar-refractivity contribution in [1.82, 2.24) is 4.90 Å². The van der Waals surface area contributed by atoms with Gasteiger partial charge in [0.25, 0.3) is 5.91 Å². The zero-order valence-electron chi connectivity index (χ0n) is 10.2. The van der Waals surface area contributed by atoms with E-state index in [4.69, 9.17) is 4.74 Å². The van der Waals surface area contributed by atoms with E-state index in [1.807, 2.05) is 18.2 Å². The van der Waals surface area contributed by atoms with Crippen LogP contribution < -0.4 is 4.74 Å². The van der Waals surface area contributed by atoms with E-state index in [1.54, 1.807) is 11.0 Å². The molecule has 1 aromatic carbocycles. The predicted octanol–water partition coefficient (Wildman–Crippen LogP) is 1.29. The number of ether oxygens (including phenoxy) is 1. The van der Waals surface area contributed by atoms with Gasteiger partial charge in [0.05, 0.1) is 18.2 Å². The third-order valence-corrected chi connectivity index (χ3v) is 3.60. The molecule has 18 heavy (non-hydrogen) atoms. The first-order chi connectivity index (χ1) is 8.75. The maximum Gasteiger partial charge on any atom is 0.257 e. The Kier molecular flexibility index (Phi) is 2.96. The van der Waals surface area contributed by atoms with E-state index in [2.05, 4.69) is 0 Å². The Hall–Kier alpha value is -1.55. The molecule has 1 heterocycles. The average Bonchev–Trinajstić information content (AvgIpc) is 3.20. The van der Waals surface area contributed by atoms with Crippen LogP contribution in [0.2, 0.25) is 0 Å². The molecule has 1 unspecified atom stereocenters. The summed E-state index contributed by atoms with van der Waals surface area (Å²) >= 11 is 0. The monoisotopic (exact) mass is 247 g/mol. The van der Waals surface area contributed by atoms with Gasteiger partial charge in [-0.25, -0.2) is 0 Å². The fraction of sp³-hybridized carbons (Fsp3) is 0.500. The van der Waals surface area contributed by atoms with Crippen molar-refractivity contribution in [1.29, 1.82) is 0 Å². The molecule has 0 saturated heterocycles. The molecule has 1 amide bonds. The number of fused-ring (bicyclic) bond motifs is 1. The topological polar surface area (TPSA) is 49.8 Å². The maximum atomic E-state index is 12.4. The number of carbonyl (C=O) groups is 1. The Labute approximate surface area is 106 Å². The van der Waals surface area contributed by atoms with Gasteiger partial charge in [-0.3, -0.25) is 4.79 Å². The summed E-state index contributed by atoms with van der Waals surface area (Å²) < 4.78 is 5.56. The maximum absolute atomic E-state index is 12.4. The lowest BCUT2D eigenvalue weighted by molar-refractivity contribution is 0.0577. The second-order valence-electron chi connectivity index (χ2n) is 5.00. The largest absolute Gasteiger partial charge is 0.491 e. The van der Waals surface area contributed by atoms with Crippen molar-refractivity contribution in [3.8, 4) is 5.75 Å². The molecule has 0 spiro atoms. The van der Waals surface area contributed by atoms with E-state index in [0.29, 0.717) is 36.9 Å². The van der Waals surface area contributed by atoms with Gasteiger partial charge in [-0.2, -0.15) is 0 Å². The fourth-order valence-electron chi connectivity index (χ4n) is 2.34. The summed E-state index contributed by atoms with van der Waals surface area (Å²) in [5, 5.41) is 9.96. The van der Waals surface area contributed by atoms with E-state index in [9.17, 15) is 9.90 Å². The normalized spacial score (nSPS) is 20.9. The molecular weight excluding hydrogens is 230 g/mol. The molecule has 0 aromatic heterocycles. The molecule has 4 nitrogen and oxygen atoms in total. The third-order valence-electron chi connectivity index (χ3n) is 3.60. The van der Waals surface area contributed by atoms with Crippen LogP contribution in [0.15, 0.2) is 24.3 Å². The first-order valence-electron chi connectivity index (χ1n) is 6.45. The minimum Gasteiger partial charge on any atom is -0.491 e. The lowest BCUT2D eigenvalue weighted by Gasteiger charge is -2.23. The van der Waals surface area contributed by atoms with Crippen LogP contribution in [-0.4, -0.2) is 41.7 Å². The highest BCUT2D eigenvalue weighted by Crippen LogP contribution is 2.33. The zero-order valence-corrected chi connectivity index (χ0v) is 10.2. The second-order valence-corrected chi connectivity index (χ2v) is 5.00. The van der Waals surface area contributed by atoms with Gasteiger partial charge < -0.3 is 14.7 Å². The van der Waals surface area contributed by atoms with Crippen LogP contribution >= 0.6 is 0 Å². The Morgan fingerprint density at radius 2 is 2.17 bits per heavy atom. The van der Waals surface area contributed by atoms with Crippen molar-refractivity contribution in [3.05, 3.63) is 29.8 Å². The highest BCUT2D eigenvalue weighted by atomic mass is 16.5. The van der Waals surface area contributed by atoms with E-state index >= 15 is 0 Å². The summed E-state index contributed by atoms with van der Waals surface area (Å²) in [5.41, 5.74) is 0.595. The quantitative estimate of drug-likeness (QED) is 0.875. The number of hydrogen-bond acceptors (Lipinski definition) is 3. The molecule has 4 heteroatoms. The Morgan fingerprint density at radius 1 is 1.39 bits per heavy atom. The fourth-order valence-corrected chi connectivity index (χ4v) is 2.34. The van der Waals surface area contributed by atoms with Gasteiger partial charge in [-0.15, -0.1) is 0 Å². The van der Waals surface area contributed by atoms with E-state index in [1.165, 1.54) is 0 Å². The lowest BCUT2D eigenvalue weighted by atomic mass is 10.1. The smallest absolute Gasteiger partial charge is 0.257 e. The van der Waals surface area contributed by atoms with Crippen LogP contribution in [0.4, 0.5) is 0 Å². The number of para-hydroxylation sites is 1. The van der Waals surface area contributed by atoms with Crippen molar-refractivity contribution in [2.45, 2.75) is 18.9 Å². The minimum absolute atomic E-state index is 0.0391. The molecule has 1 N–H and O–H groups in total. The number of aliphatic hydroxyl groups excluding tert-OH is 1. The summed E-state index contributed by atoms with van der Waals surface area (Å²) in [5.74, 6) is 0.992. The van der Waals surface area contributed by atoms with Gasteiger partial charge in [0.2, 0.25) is 0 Å². The molecule has 96 valence electrons. The highest BCUT2D eigenvalue weighted by Gasteiger charge is 2.33. The van der Waals surface area contributed by atoms with Crippen LogP contribution in [0.5, 0.6) is 5.75 Å². The molecule has 2 aliphatic rings. The van der Waals surface area contributed by atoms with Crippen LogP contribution in [-0.2, 0) is 0 Å². The molecule has 1 atom stereocenters. The lowest BCUT2D eigenvalue weighted by Crippen LogP contribution is -2.39. The van der Waals surface area contributed by atoms with Gasteiger partial charge in [0, 0.05) is 6.54 Å². The van der Waals surface area contributed by atoms with E-state index in [0.717, 1.165) is 12.8 Å². The van der Waals surface area contributed by atoms with Crippen LogP contribution in [0, 0.1) is 5.92 Å². The van der Waals surface area contributed by atoms with E-state index < -0.39 is 0 Å². The number of carbonyl (C=O) groups excluding carboxylic acids is 1. The molecule has 1 saturated carbocycles. The first kappa shape index (κ1) is 11.5. The first-order valence-corrected chi connectivity index (χ1v) is 6.45. The zero-order chi connectivity index (χ0) is 12.5. The summed E-state index contributed by atoms with van der Waals surface area (Å²) in [7, 11) is 0. The third kappa shape index (κ3) is 2.20. The highest BCUT2D eigenvalue weighted by molar-refractivity contribution is 5.97. The van der Waals surface area contributed by atoms with Gasteiger partial charge in [0.1, 0.15) is 12.4 Å². The van der Waals surface area contributed by atoms with Crippen molar-refractivity contribution in [2.24, 2.45) is 5.92 Å². The van der Waals surface area contributed by atoms with Gasteiger partial charge >= 0.3 is 0 Å². The van der Waals surface area contributed by atoms with E-state index in [-0.39, 0.29) is 12.0 Å². The summed E-state index contributed by atoms with van der Waals surface area (Å²) in [4.78, 5) is 14.1. The number of hydrogen-bond donors (Lipinski definition) is 1. The Balaban J connectivity index is 1.78. The Bertz CT molecular complexity index is 456. The summed E-state index contributed by atoms with van der Waals surface area (Å²) in [6.45, 7) is 1.44. The van der Waals surface area contributed by atoms with Crippen LogP contribution in [0.3, 0.4) is 0 Å². The summed E-state index contributed by atoms with van der Waals surface area (Å²) in [6, 6.07) is 7.29. The Morgan fingerprint density at radius 3 is 2.94 bits per heavy atom. The van der Waals surface area contributed by atoms with Crippen molar-refractivity contribution in [2.75, 3.05) is 19.7 Å². The number of amides is 1. The second kappa shape index (κ2) is 4.61. The van der Waals surface area contributed by atoms with Gasteiger partial charge in [-0.05, 0) is 30.9 Å². The summed E-state index contributed by atoms with van der Waals surface area (Å²) in [6.07, 6.45) is 1.77. The molecule has 1 aliphatic heterocycles.